The molecule has 1 amide bonds. The Bertz CT molecular complexity index is 814. The van der Waals surface area contributed by atoms with Gasteiger partial charge in [-0.2, -0.15) is 0 Å². The molecule has 0 aromatic heterocycles. The van der Waals surface area contributed by atoms with E-state index < -0.39 is 11.9 Å². The molecule has 1 atom stereocenters. The van der Waals surface area contributed by atoms with Gasteiger partial charge in [0.2, 0.25) is 5.91 Å². The highest BCUT2D eigenvalue weighted by Crippen LogP contribution is 2.21. The number of carboxylic acids is 1. The van der Waals surface area contributed by atoms with Crippen LogP contribution in [0.4, 0.5) is 0 Å². The quantitative estimate of drug-likeness (QED) is 0.793. The first kappa shape index (κ1) is 18.8. The lowest BCUT2D eigenvalue weighted by Gasteiger charge is -2.30. The molecule has 3 rings (SSSR count). The molecule has 0 saturated carbocycles. The van der Waals surface area contributed by atoms with Crippen LogP contribution in [0.2, 0.25) is 0 Å². The van der Waals surface area contributed by atoms with Crippen molar-refractivity contribution in [3.8, 4) is 11.1 Å². The number of hydrogen-bond acceptors (Lipinski definition) is 3. The maximum absolute atomic E-state index is 12.4. The zero-order chi connectivity index (χ0) is 19.2. The molecule has 2 aromatic rings. The van der Waals surface area contributed by atoms with E-state index in [1.165, 1.54) is 0 Å². The zero-order valence-corrected chi connectivity index (χ0v) is 15.1. The monoisotopic (exact) mass is 365 g/mol. The molecule has 1 saturated heterocycles. The van der Waals surface area contributed by atoms with E-state index in [-0.39, 0.29) is 31.1 Å². The minimum Gasteiger partial charge on any atom is -0.481 e. The number of piperidine rings is 1. The van der Waals surface area contributed by atoms with Crippen LogP contribution < -0.4 is 0 Å². The van der Waals surface area contributed by atoms with E-state index in [9.17, 15) is 14.4 Å². The Hall–Kier alpha value is -2.95. The second kappa shape index (κ2) is 8.62. The highest BCUT2D eigenvalue weighted by Gasteiger charge is 2.28. The molecule has 5 nitrogen and oxygen atoms in total. The van der Waals surface area contributed by atoms with E-state index in [1.807, 2.05) is 42.5 Å². The third-order valence-corrected chi connectivity index (χ3v) is 5.00. The van der Waals surface area contributed by atoms with Gasteiger partial charge in [0.25, 0.3) is 0 Å². The lowest BCUT2D eigenvalue weighted by molar-refractivity contribution is -0.145. The number of ketones is 1. The number of aliphatic carboxylic acids is 1. The topological polar surface area (TPSA) is 74.7 Å². The fourth-order valence-electron chi connectivity index (χ4n) is 3.41. The Morgan fingerprint density at radius 3 is 2.26 bits per heavy atom. The van der Waals surface area contributed by atoms with E-state index in [4.69, 9.17) is 5.11 Å². The SMILES string of the molecule is O=C(CCC(=O)N1CCCC(C(=O)O)C1)c1ccc(-c2ccccc2)cc1. The molecule has 0 bridgehead atoms. The standard InChI is InChI=1S/C22H23NO4/c24-20(12-13-21(25)23-14-4-7-19(15-23)22(26)27)18-10-8-17(9-11-18)16-5-2-1-3-6-16/h1-3,5-6,8-11,19H,4,7,12-15H2,(H,26,27). The largest absolute Gasteiger partial charge is 0.481 e. The van der Waals surface area contributed by atoms with E-state index in [0.717, 1.165) is 11.1 Å². The maximum atomic E-state index is 12.4. The summed E-state index contributed by atoms with van der Waals surface area (Å²) in [5, 5.41) is 9.12. The third-order valence-electron chi connectivity index (χ3n) is 5.00. The molecule has 5 heteroatoms. The van der Waals surface area contributed by atoms with Gasteiger partial charge in [-0.1, -0.05) is 54.6 Å². The Morgan fingerprint density at radius 1 is 0.926 bits per heavy atom. The van der Waals surface area contributed by atoms with Crippen molar-refractivity contribution in [1.82, 2.24) is 4.90 Å². The third kappa shape index (κ3) is 4.82. The molecule has 1 fully saturated rings. The molecular formula is C22H23NO4. The van der Waals surface area contributed by atoms with Gasteiger partial charge in [-0.05, 0) is 24.0 Å². The van der Waals surface area contributed by atoms with Crippen LogP contribution in [-0.2, 0) is 9.59 Å². The van der Waals surface area contributed by atoms with E-state index in [0.29, 0.717) is 24.9 Å². The summed E-state index contributed by atoms with van der Waals surface area (Å²) >= 11 is 0. The number of carboxylic acid groups (broad SMARTS) is 1. The van der Waals surface area contributed by atoms with Crippen molar-refractivity contribution in [3.63, 3.8) is 0 Å². The van der Waals surface area contributed by atoms with Crippen LogP contribution in [0.1, 0.15) is 36.0 Å². The zero-order valence-electron chi connectivity index (χ0n) is 15.1. The Labute approximate surface area is 158 Å². The van der Waals surface area contributed by atoms with Crippen molar-refractivity contribution < 1.29 is 19.5 Å². The van der Waals surface area contributed by atoms with E-state index >= 15 is 0 Å². The predicted octanol–water partition coefficient (Wildman–Crippen LogP) is 3.64. The van der Waals surface area contributed by atoms with Gasteiger partial charge in [0.1, 0.15) is 0 Å². The van der Waals surface area contributed by atoms with Crippen LogP contribution in [-0.4, -0.2) is 40.8 Å². The number of Topliss-reactive ketones (excluding diaryl/α,β-unsaturated/α-hetero) is 1. The van der Waals surface area contributed by atoms with Crippen molar-refractivity contribution in [3.05, 3.63) is 60.2 Å². The maximum Gasteiger partial charge on any atom is 0.308 e. The summed E-state index contributed by atoms with van der Waals surface area (Å²) in [7, 11) is 0. The highest BCUT2D eigenvalue weighted by molar-refractivity contribution is 5.98. The van der Waals surface area contributed by atoms with Crippen molar-refractivity contribution in [2.45, 2.75) is 25.7 Å². The molecule has 1 heterocycles. The van der Waals surface area contributed by atoms with Crippen LogP contribution in [0.25, 0.3) is 11.1 Å². The van der Waals surface area contributed by atoms with Crippen molar-refractivity contribution >= 4 is 17.7 Å². The second-order valence-corrected chi connectivity index (χ2v) is 6.88. The number of rotatable bonds is 6. The van der Waals surface area contributed by atoms with Crippen LogP contribution in [0, 0.1) is 5.92 Å². The molecule has 1 aliphatic heterocycles. The average molecular weight is 365 g/mol. The molecule has 0 aliphatic carbocycles. The lowest BCUT2D eigenvalue weighted by atomic mass is 9.97. The van der Waals surface area contributed by atoms with E-state index in [1.54, 1.807) is 17.0 Å². The second-order valence-electron chi connectivity index (χ2n) is 6.88. The highest BCUT2D eigenvalue weighted by atomic mass is 16.4. The number of nitrogens with zero attached hydrogens (tertiary/aromatic N) is 1. The van der Waals surface area contributed by atoms with Gasteiger partial charge < -0.3 is 10.0 Å². The predicted molar refractivity (Wildman–Crippen MR) is 102 cm³/mol. The fraction of sp³-hybridized carbons (Fsp3) is 0.318. The number of benzene rings is 2. The number of carbonyl (C=O) groups excluding carboxylic acids is 2. The van der Waals surface area contributed by atoms with Gasteiger partial charge in [-0.25, -0.2) is 0 Å². The van der Waals surface area contributed by atoms with Gasteiger partial charge in [-0.3, -0.25) is 14.4 Å². The lowest BCUT2D eigenvalue weighted by Crippen LogP contribution is -2.42. The van der Waals surface area contributed by atoms with Gasteiger partial charge in [0.15, 0.2) is 5.78 Å². The molecule has 1 aliphatic rings. The number of amides is 1. The summed E-state index contributed by atoms with van der Waals surface area (Å²) in [6, 6.07) is 17.3. The van der Waals surface area contributed by atoms with Crippen molar-refractivity contribution in [1.29, 1.82) is 0 Å². The van der Waals surface area contributed by atoms with Crippen LogP contribution in [0.3, 0.4) is 0 Å². The van der Waals surface area contributed by atoms with Gasteiger partial charge >= 0.3 is 5.97 Å². The summed E-state index contributed by atoms with van der Waals surface area (Å²) in [4.78, 5) is 37.4. The van der Waals surface area contributed by atoms with Crippen molar-refractivity contribution in [2.75, 3.05) is 13.1 Å². The van der Waals surface area contributed by atoms with Crippen LogP contribution in [0.5, 0.6) is 0 Å². The minimum absolute atomic E-state index is 0.0743. The first-order chi connectivity index (χ1) is 13.0. The van der Waals surface area contributed by atoms with Crippen molar-refractivity contribution in [2.24, 2.45) is 5.92 Å². The summed E-state index contributed by atoms with van der Waals surface area (Å²) < 4.78 is 0. The molecular weight excluding hydrogens is 342 g/mol. The molecule has 1 N–H and O–H groups in total. The summed E-state index contributed by atoms with van der Waals surface area (Å²) in [5.74, 6) is -1.57. The first-order valence-corrected chi connectivity index (χ1v) is 9.24. The summed E-state index contributed by atoms with van der Waals surface area (Å²) in [5.41, 5.74) is 2.71. The van der Waals surface area contributed by atoms with Gasteiger partial charge in [-0.15, -0.1) is 0 Å². The van der Waals surface area contributed by atoms with Crippen LogP contribution in [0.15, 0.2) is 54.6 Å². The number of likely N-dealkylation sites (tertiary alicyclic amines) is 1. The average Bonchev–Trinajstić information content (AvgIpc) is 2.72. The molecule has 140 valence electrons. The van der Waals surface area contributed by atoms with Gasteiger partial charge in [0, 0.05) is 31.5 Å². The fourth-order valence-corrected chi connectivity index (χ4v) is 3.41. The first-order valence-electron chi connectivity index (χ1n) is 9.24. The van der Waals surface area contributed by atoms with Crippen LogP contribution >= 0.6 is 0 Å². The molecule has 2 aromatic carbocycles. The molecule has 1 unspecified atom stereocenters. The summed E-state index contributed by atoms with van der Waals surface area (Å²) in [6.07, 6.45) is 1.55. The summed E-state index contributed by atoms with van der Waals surface area (Å²) in [6.45, 7) is 0.816. The van der Waals surface area contributed by atoms with E-state index in [2.05, 4.69) is 0 Å². The number of hydrogen-bond donors (Lipinski definition) is 1. The number of carbonyl (C=O) groups is 3. The minimum atomic E-state index is -0.859. The van der Waals surface area contributed by atoms with Gasteiger partial charge in [0.05, 0.1) is 5.92 Å². The normalized spacial score (nSPS) is 16.7. The molecule has 27 heavy (non-hydrogen) atoms. The molecule has 0 spiro atoms. The Kier molecular flexibility index (Phi) is 6.01. The smallest absolute Gasteiger partial charge is 0.308 e. The Balaban J connectivity index is 1.54. The Morgan fingerprint density at radius 2 is 1.59 bits per heavy atom. The molecule has 0 radical (unpaired) electrons.